The summed E-state index contributed by atoms with van der Waals surface area (Å²) >= 11 is 0. The number of benzene rings is 1. The number of para-hydroxylation sites is 2. The highest BCUT2D eigenvalue weighted by molar-refractivity contribution is 5.91. The molecule has 0 aliphatic rings. The van der Waals surface area contributed by atoms with Gasteiger partial charge in [-0.1, -0.05) is 19.1 Å². The SMILES string of the molecule is CCOc1ccccc1NC(=O)C[n+]1cc(CC)ccc1C. The van der Waals surface area contributed by atoms with Crippen LogP contribution < -0.4 is 14.6 Å². The largest absolute Gasteiger partial charge is 0.492 e. The third kappa shape index (κ3) is 4.07. The van der Waals surface area contributed by atoms with Gasteiger partial charge in [-0.3, -0.25) is 4.79 Å². The molecule has 1 aromatic heterocycles. The van der Waals surface area contributed by atoms with Crippen LogP contribution in [0.15, 0.2) is 42.6 Å². The van der Waals surface area contributed by atoms with Crippen molar-refractivity contribution in [3.05, 3.63) is 53.9 Å². The smallest absolute Gasteiger partial charge is 0.290 e. The molecule has 0 unspecified atom stereocenters. The predicted octanol–water partition coefficient (Wildman–Crippen LogP) is 2.88. The number of aromatic nitrogens is 1. The van der Waals surface area contributed by atoms with E-state index in [-0.39, 0.29) is 5.91 Å². The fourth-order valence-electron chi connectivity index (χ4n) is 2.24. The van der Waals surface area contributed by atoms with Crippen LogP contribution in [0.3, 0.4) is 0 Å². The quantitative estimate of drug-likeness (QED) is 0.833. The molecule has 0 fully saturated rings. The number of rotatable bonds is 6. The molecule has 0 aliphatic heterocycles. The van der Waals surface area contributed by atoms with Crippen molar-refractivity contribution in [3.63, 3.8) is 0 Å². The molecule has 1 aromatic carbocycles. The maximum Gasteiger partial charge on any atom is 0.290 e. The van der Waals surface area contributed by atoms with Gasteiger partial charge in [0.15, 0.2) is 11.9 Å². The highest BCUT2D eigenvalue weighted by Gasteiger charge is 2.15. The van der Waals surface area contributed by atoms with Gasteiger partial charge >= 0.3 is 0 Å². The van der Waals surface area contributed by atoms with Crippen LogP contribution in [-0.4, -0.2) is 12.5 Å². The number of nitrogens with one attached hydrogen (secondary N) is 1. The zero-order valence-corrected chi connectivity index (χ0v) is 13.4. The molecule has 1 heterocycles. The van der Waals surface area contributed by atoms with Crippen LogP contribution in [-0.2, 0) is 17.8 Å². The Morgan fingerprint density at radius 1 is 1.18 bits per heavy atom. The van der Waals surface area contributed by atoms with E-state index in [4.69, 9.17) is 4.74 Å². The molecule has 1 N–H and O–H groups in total. The van der Waals surface area contributed by atoms with Crippen molar-refractivity contribution in [1.82, 2.24) is 0 Å². The Morgan fingerprint density at radius 3 is 2.68 bits per heavy atom. The number of amides is 1. The van der Waals surface area contributed by atoms with E-state index in [1.165, 1.54) is 5.56 Å². The first-order valence-electron chi connectivity index (χ1n) is 7.64. The second kappa shape index (κ2) is 7.59. The Morgan fingerprint density at radius 2 is 1.95 bits per heavy atom. The number of aryl methyl sites for hydroxylation is 2. The number of anilines is 1. The van der Waals surface area contributed by atoms with E-state index in [0.29, 0.717) is 24.6 Å². The number of hydrogen-bond donors (Lipinski definition) is 1. The maximum absolute atomic E-state index is 12.3. The lowest BCUT2D eigenvalue weighted by molar-refractivity contribution is -0.690. The average Bonchev–Trinajstić information content (AvgIpc) is 2.51. The Kier molecular flexibility index (Phi) is 5.53. The van der Waals surface area contributed by atoms with Gasteiger partial charge in [-0.05, 0) is 31.5 Å². The first-order chi connectivity index (χ1) is 10.6. The molecular formula is C18H23N2O2+. The standard InChI is InChI=1S/C18H22N2O2/c1-4-15-11-10-14(3)20(12-15)13-18(21)19-16-8-6-7-9-17(16)22-5-2/h6-12H,4-5,13H2,1-3H3/p+1. The van der Waals surface area contributed by atoms with Gasteiger partial charge in [0.2, 0.25) is 6.54 Å². The summed E-state index contributed by atoms with van der Waals surface area (Å²) in [6.07, 6.45) is 2.98. The van der Waals surface area contributed by atoms with Crippen molar-refractivity contribution in [2.45, 2.75) is 33.7 Å². The lowest BCUT2D eigenvalue weighted by Crippen LogP contribution is -2.43. The van der Waals surface area contributed by atoms with Crippen LogP contribution in [0.1, 0.15) is 25.1 Å². The minimum atomic E-state index is -0.0616. The molecule has 22 heavy (non-hydrogen) atoms. The van der Waals surface area contributed by atoms with Crippen LogP contribution in [0.4, 0.5) is 5.69 Å². The van der Waals surface area contributed by atoms with Gasteiger partial charge in [0, 0.05) is 18.6 Å². The number of carbonyl (C=O) groups is 1. The van der Waals surface area contributed by atoms with Crippen LogP contribution in [0.25, 0.3) is 0 Å². The van der Waals surface area contributed by atoms with Crippen molar-refractivity contribution < 1.29 is 14.1 Å². The van der Waals surface area contributed by atoms with E-state index >= 15 is 0 Å². The van der Waals surface area contributed by atoms with Crippen molar-refractivity contribution in [1.29, 1.82) is 0 Å². The molecule has 2 aromatic rings. The summed E-state index contributed by atoms with van der Waals surface area (Å²) in [5.74, 6) is 0.635. The van der Waals surface area contributed by atoms with E-state index in [1.807, 2.05) is 54.9 Å². The molecule has 2 rings (SSSR count). The molecule has 1 amide bonds. The molecule has 0 aliphatic carbocycles. The number of hydrogen-bond acceptors (Lipinski definition) is 2. The number of ether oxygens (including phenoxy) is 1. The lowest BCUT2D eigenvalue weighted by atomic mass is 10.2. The third-order valence-electron chi connectivity index (χ3n) is 3.50. The molecule has 4 heteroatoms. The van der Waals surface area contributed by atoms with Crippen molar-refractivity contribution in [2.24, 2.45) is 0 Å². The molecule has 4 nitrogen and oxygen atoms in total. The summed E-state index contributed by atoms with van der Waals surface area (Å²) < 4.78 is 7.50. The Bertz CT molecular complexity index is 653. The van der Waals surface area contributed by atoms with Crippen molar-refractivity contribution in [3.8, 4) is 5.75 Å². The normalized spacial score (nSPS) is 10.3. The van der Waals surface area contributed by atoms with Gasteiger partial charge in [-0.15, -0.1) is 0 Å². The molecule has 0 saturated heterocycles. The maximum atomic E-state index is 12.3. The van der Waals surface area contributed by atoms with E-state index in [2.05, 4.69) is 18.3 Å². The highest BCUT2D eigenvalue weighted by Crippen LogP contribution is 2.23. The monoisotopic (exact) mass is 299 g/mol. The number of pyridine rings is 1. The van der Waals surface area contributed by atoms with Gasteiger partial charge in [0.25, 0.3) is 5.91 Å². The fraction of sp³-hybridized carbons (Fsp3) is 0.333. The molecular weight excluding hydrogens is 276 g/mol. The summed E-state index contributed by atoms with van der Waals surface area (Å²) in [7, 11) is 0. The summed E-state index contributed by atoms with van der Waals surface area (Å²) in [6.45, 7) is 6.89. The first-order valence-corrected chi connectivity index (χ1v) is 7.64. The van der Waals surface area contributed by atoms with E-state index in [9.17, 15) is 4.79 Å². The van der Waals surface area contributed by atoms with Gasteiger partial charge in [0.05, 0.1) is 12.3 Å². The number of nitrogens with zero attached hydrogens (tertiary/aromatic N) is 1. The molecule has 0 spiro atoms. The van der Waals surface area contributed by atoms with E-state index in [0.717, 1.165) is 12.1 Å². The van der Waals surface area contributed by atoms with Crippen molar-refractivity contribution in [2.75, 3.05) is 11.9 Å². The van der Waals surface area contributed by atoms with Gasteiger partial charge in [-0.25, -0.2) is 0 Å². The lowest BCUT2D eigenvalue weighted by Gasteiger charge is -2.10. The van der Waals surface area contributed by atoms with Crippen molar-refractivity contribution >= 4 is 11.6 Å². The second-order valence-electron chi connectivity index (χ2n) is 5.14. The third-order valence-corrected chi connectivity index (χ3v) is 3.50. The van der Waals surface area contributed by atoms with Gasteiger partial charge in [-0.2, -0.15) is 4.57 Å². The highest BCUT2D eigenvalue weighted by atomic mass is 16.5. The molecule has 0 bridgehead atoms. The summed E-state index contributed by atoms with van der Waals surface area (Å²) in [4.78, 5) is 12.3. The minimum absolute atomic E-state index is 0.0616. The van der Waals surface area contributed by atoms with Gasteiger partial charge in [0.1, 0.15) is 5.75 Å². The summed E-state index contributed by atoms with van der Waals surface area (Å²) in [5, 5.41) is 2.92. The summed E-state index contributed by atoms with van der Waals surface area (Å²) in [6, 6.07) is 11.6. The second-order valence-corrected chi connectivity index (χ2v) is 5.14. The van der Waals surface area contributed by atoms with Gasteiger partial charge < -0.3 is 10.1 Å². The molecule has 116 valence electrons. The zero-order valence-electron chi connectivity index (χ0n) is 13.4. The van der Waals surface area contributed by atoms with E-state index in [1.54, 1.807) is 0 Å². The number of carbonyl (C=O) groups excluding carboxylic acids is 1. The van der Waals surface area contributed by atoms with Crippen LogP contribution in [0.5, 0.6) is 5.75 Å². The van der Waals surface area contributed by atoms with Crippen LogP contribution in [0.2, 0.25) is 0 Å². The topological polar surface area (TPSA) is 42.2 Å². The summed E-state index contributed by atoms with van der Waals surface area (Å²) in [5.41, 5.74) is 2.98. The van der Waals surface area contributed by atoms with E-state index < -0.39 is 0 Å². The fourth-order valence-corrected chi connectivity index (χ4v) is 2.24. The minimum Gasteiger partial charge on any atom is -0.492 e. The molecule has 0 saturated carbocycles. The zero-order chi connectivity index (χ0) is 15.9. The Hall–Kier alpha value is -2.36. The first kappa shape index (κ1) is 16.0. The molecule has 0 radical (unpaired) electrons. The van der Waals surface area contributed by atoms with Crippen LogP contribution in [0, 0.1) is 6.92 Å². The Labute approximate surface area is 131 Å². The Balaban J connectivity index is 2.10. The molecule has 0 atom stereocenters. The predicted molar refractivity (Wildman–Crippen MR) is 87.0 cm³/mol. The van der Waals surface area contributed by atoms with Crippen LogP contribution >= 0.6 is 0 Å². The average molecular weight is 299 g/mol.